The Labute approximate surface area is 188 Å². The van der Waals surface area contributed by atoms with Crippen LogP contribution >= 0.6 is 0 Å². The number of nitrogens with zero attached hydrogens (tertiary/aromatic N) is 4. The number of benzene rings is 1. The van der Waals surface area contributed by atoms with Crippen molar-refractivity contribution >= 4 is 34.8 Å². The van der Waals surface area contributed by atoms with E-state index in [4.69, 9.17) is 14.2 Å². The van der Waals surface area contributed by atoms with Gasteiger partial charge in [-0.2, -0.15) is 0 Å². The van der Waals surface area contributed by atoms with Crippen molar-refractivity contribution in [1.29, 1.82) is 0 Å². The van der Waals surface area contributed by atoms with Gasteiger partial charge in [0, 0.05) is 19.4 Å². The maximum atomic E-state index is 12.5. The third-order valence-corrected chi connectivity index (χ3v) is 4.80. The van der Waals surface area contributed by atoms with Gasteiger partial charge in [-0.3, -0.25) is 19.0 Å². The van der Waals surface area contributed by atoms with E-state index in [2.05, 4.69) is 20.3 Å². The highest BCUT2D eigenvalue weighted by atomic mass is 16.6. The number of anilines is 1. The summed E-state index contributed by atoms with van der Waals surface area (Å²) in [6.07, 6.45) is 4.04. The molecule has 0 unspecified atom stereocenters. The summed E-state index contributed by atoms with van der Waals surface area (Å²) in [7, 11) is 0. The average molecular weight is 451 g/mol. The zero-order chi connectivity index (χ0) is 23.4. The van der Waals surface area contributed by atoms with Crippen molar-refractivity contribution in [2.24, 2.45) is 0 Å². The molecule has 1 aromatic carbocycles. The quantitative estimate of drug-likeness (QED) is 0.441. The first-order valence-electron chi connectivity index (χ1n) is 10.1. The first-order chi connectivity index (χ1) is 15.9. The van der Waals surface area contributed by atoms with Gasteiger partial charge in [-0.05, 0) is 24.3 Å². The van der Waals surface area contributed by atoms with Gasteiger partial charge in [0.1, 0.15) is 25.1 Å². The maximum Gasteiger partial charge on any atom is 0.303 e. The van der Waals surface area contributed by atoms with Crippen LogP contribution in [-0.4, -0.2) is 56.2 Å². The smallest absolute Gasteiger partial charge is 0.303 e. The van der Waals surface area contributed by atoms with Crippen LogP contribution in [0.2, 0.25) is 0 Å². The number of esters is 2. The molecule has 1 aliphatic heterocycles. The second-order valence-corrected chi connectivity index (χ2v) is 7.19. The van der Waals surface area contributed by atoms with Gasteiger partial charge in [-0.15, -0.1) is 0 Å². The molecule has 0 saturated heterocycles. The van der Waals surface area contributed by atoms with Crippen LogP contribution in [0.1, 0.15) is 30.4 Å². The monoisotopic (exact) mass is 451 g/mol. The summed E-state index contributed by atoms with van der Waals surface area (Å²) in [6.45, 7) is 2.46. The molecule has 3 atom stereocenters. The molecule has 0 spiro atoms. The van der Waals surface area contributed by atoms with Crippen LogP contribution in [0.15, 0.2) is 55.1 Å². The molecule has 11 nitrogen and oxygen atoms in total. The molecule has 0 bridgehead atoms. The number of carbonyl (C=O) groups excluding carboxylic acids is 3. The lowest BCUT2D eigenvalue weighted by atomic mass is 10.1. The first kappa shape index (κ1) is 22.1. The molecule has 0 saturated carbocycles. The number of rotatable bonds is 6. The molecule has 0 fully saturated rings. The third-order valence-electron chi connectivity index (χ3n) is 4.80. The molecular formula is C22H21N5O6. The molecule has 1 aliphatic rings. The maximum absolute atomic E-state index is 12.5. The predicted molar refractivity (Wildman–Crippen MR) is 115 cm³/mol. The van der Waals surface area contributed by atoms with E-state index in [9.17, 15) is 14.4 Å². The molecule has 1 amide bonds. The lowest BCUT2D eigenvalue weighted by molar-refractivity contribution is -0.167. The van der Waals surface area contributed by atoms with Crippen LogP contribution < -0.4 is 5.32 Å². The standard InChI is InChI=1S/C22H21N5O6/c1-13(28)31-10-17-16(32-14(2)29)8-9-18(33-17)27-12-25-19-20(23-11-24-21(19)27)26-22(30)15-6-4-3-5-7-15/h3-9,11-12,16-18H,10H2,1-2H3,(H,23,24,26,30)/t16-,17+,18-/m0/s1. The summed E-state index contributed by atoms with van der Waals surface area (Å²) in [5.41, 5.74) is 1.27. The van der Waals surface area contributed by atoms with E-state index < -0.39 is 30.4 Å². The summed E-state index contributed by atoms with van der Waals surface area (Å²) >= 11 is 0. The number of amides is 1. The summed E-state index contributed by atoms with van der Waals surface area (Å²) in [5.74, 6) is -1.05. The molecule has 0 aliphatic carbocycles. The second kappa shape index (κ2) is 9.57. The van der Waals surface area contributed by atoms with Crippen molar-refractivity contribution in [2.45, 2.75) is 32.3 Å². The van der Waals surface area contributed by atoms with Crippen molar-refractivity contribution < 1.29 is 28.6 Å². The minimum Gasteiger partial charge on any atom is -0.463 e. The lowest BCUT2D eigenvalue weighted by Gasteiger charge is -2.31. The molecule has 4 rings (SSSR count). The van der Waals surface area contributed by atoms with Crippen molar-refractivity contribution in [1.82, 2.24) is 19.5 Å². The third kappa shape index (κ3) is 5.04. The lowest BCUT2D eigenvalue weighted by Crippen LogP contribution is -2.40. The number of nitrogens with one attached hydrogen (secondary N) is 1. The summed E-state index contributed by atoms with van der Waals surface area (Å²) < 4.78 is 18.0. The van der Waals surface area contributed by atoms with E-state index in [0.717, 1.165) is 0 Å². The second-order valence-electron chi connectivity index (χ2n) is 7.19. The van der Waals surface area contributed by atoms with Crippen molar-refractivity contribution in [2.75, 3.05) is 11.9 Å². The minimum atomic E-state index is -0.732. The van der Waals surface area contributed by atoms with Crippen LogP contribution in [-0.2, 0) is 23.8 Å². The Balaban J connectivity index is 1.59. The number of fused-ring (bicyclic) bond motifs is 1. The van der Waals surface area contributed by atoms with Crippen LogP contribution in [0.25, 0.3) is 11.2 Å². The fourth-order valence-corrected chi connectivity index (χ4v) is 3.33. The van der Waals surface area contributed by atoms with Gasteiger partial charge in [0.2, 0.25) is 0 Å². The molecule has 3 aromatic rings. The molecule has 0 radical (unpaired) electrons. The van der Waals surface area contributed by atoms with Crippen LogP contribution in [0, 0.1) is 0 Å². The molecular weight excluding hydrogens is 430 g/mol. The van der Waals surface area contributed by atoms with Crippen molar-refractivity contribution in [3.63, 3.8) is 0 Å². The Morgan fingerprint density at radius 3 is 2.58 bits per heavy atom. The topological polar surface area (TPSA) is 135 Å². The number of carbonyl (C=O) groups is 3. The summed E-state index contributed by atoms with van der Waals surface area (Å²) in [5, 5.41) is 2.75. The Kier molecular flexibility index (Phi) is 6.41. The predicted octanol–water partition coefficient (Wildman–Crippen LogP) is 2.03. The molecule has 170 valence electrons. The molecule has 11 heteroatoms. The Hall–Kier alpha value is -4.12. The van der Waals surface area contributed by atoms with Gasteiger partial charge in [-0.1, -0.05) is 18.2 Å². The zero-order valence-corrected chi connectivity index (χ0v) is 17.9. The van der Waals surface area contributed by atoms with Gasteiger partial charge in [0.25, 0.3) is 5.91 Å². The van der Waals surface area contributed by atoms with E-state index in [1.165, 1.54) is 26.5 Å². The number of hydrogen-bond acceptors (Lipinski definition) is 9. The fraction of sp³-hybridized carbons (Fsp3) is 0.273. The molecule has 33 heavy (non-hydrogen) atoms. The summed E-state index contributed by atoms with van der Waals surface area (Å²) in [4.78, 5) is 48.0. The minimum absolute atomic E-state index is 0.103. The van der Waals surface area contributed by atoms with Crippen molar-refractivity contribution in [3.8, 4) is 0 Å². The molecule has 3 heterocycles. The Bertz CT molecular complexity index is 1210. The fourth-order valence-electron chi connectivity index (χ4n) is 3.33. The van der Waals surface area contributed by atoms with Gasteiger partial charge in [0.15, 0.2) is 23.2 Å². The van der Waals surface area contributed by atoms with Gasteiger partial charge in [-0.25, -0.2) is 15.0 Å². The van der Waals surface area contributed by atoms with Crippen LogP contribution in [0.4, 0.5) is 5.82 Å². The van der Waals surface area contributed by atoms with Gasteiger partial charge >= 0.3 is 11.9 Å². The van der Waals surface area contributed by atoms with E-state index >= 15 is 0 Å². The highest BCUT2D eigenvalue weighted by Gasteiger charge is 2.32. The first-order valence-corrected chi connectivity index (χ1v) is 10.1. The molecule has 1 N–H and O–H groups in total. The highest BCUT2D eigenvalue weighted by molar-refractivity contribution is 6.06. The van der Waals surface area contributed by atoms with E-state index in [1.54, 1.807) is 41.0 Å². The number of aromatic nitrogens is 4. The van der Waals surface area contributed by atoms with Gasteiger partial charge in [0.05, 0.1) is 6.33 Å². The van der Waals surface area contributed by atoms with Crippen molar-refractivity contribution in [3.05, 3.63) is 60.7 Å². The normalized spacial score (nSPS) is 19.8. The highest BCUT2D eigenvalue weighted by Crippen LogP contribution is 2.28. The zero-order valence-electron chi connectivity index (χ0n) is 17.9. The van der Waals surface area contributed by atoms with E-state index in [0.29, 0.717) is 16.7 Å². The number of ether oxygens (including phenoxy) is 3. The van der Waals surface area contributed by atoms with Crippen LogP contribution in [0.5, 0.6) is 0 Å². The van der Waals surface area contributed by atoms with Gasteiger partial charge < -0.3 is 19.5 Å². The van der Waals surface area contributed by atoms with Crippen LogP contribution in [0.3, 0.4) is 0 Å². The number of imidazole rings is 1. The Morgan fingerprint density at radius 2 is 1.85 bits per heavy atom. The van der Waals surface area contributed by atoms with E-state index in [1.807, 2.05) is 6.07 Å². The average Bonchev–Trinajstić information content (AvgIpc) is 3.24. The number of hydrogen-bond donors (Lipinski definition) is 1. The Morgan fingerprint density at radius 1 is 1.06 bits per heavy atom. The largest absolute Gasteiger partial charge is 0.463 e. The SMILES string of the molecule is CC(=O)OC[C@H]1O[C@H](n2cnc3c(NC(=O)c4ccccc4)ncnc32)C=C[C@@H]1OC(C)=O. The van der Waals surface area contributed by atoms with E-state index in [-0.39, 0.29) is 18.3 Å². The summed E-state index contributed by atoms with van der Waals surface area (Å²) in [6, 6.07) is 8.73. The molecule has 2 aromatic heterocycles.